The van der Waals surface area contributed by atoms with Gasteiger partial charge in [0.1, 0.15) is 5.82 Å². The second kappa shape index (κ2) is 4.80. The molecule has 4 heteroatoms. The standard InChI is InChI=1S/C14H20N4/c1-4-14(3,5-2)18-10-16-9-12(18)11-7-6-8-17-13(11)15/h6-10H,4-5H2,1-3H3,(H2,15,17). The summed E-state index contributed by atoms with van der Waals surface area (Å²) in [4.78, 5) is 8.43. The topological polar surface area (TPSA) is 56.7 Å². The minimum atomic E-state index is 0.0636. The lowest BCUT2D eigenvalue weighted by Gasteiger charge is -2.30. The Balaban J connectivity index is 2.55. The molecule has 2 heterocycles. The molecule has 96 valence electrons. The third-order valence-corrected chi connectivity index (χ3v) is 3.86. The molecular weight excluding hydrogens is 224 g/mol. The fourth-order valence-corrected chi connectivity index (χ4v) is 2.15. The van der Waals surface area contributed by atoms with Crippen LogP contribution >= 0.6 is 0 Å². The molecule has 0 fully saturated rings. The Morgan fingerprint density at radius 3 is 2.67 bits per heavy atom. The Labute approximate surface area is 108 Å². The molecule has 2 N–H and O–H groups in total. The molecule has 2 rings (SSSR count). The molecule has 0 aromatic carbocycles. The number of pyridine rings is 1. The molecule has 0 aliphatic rings. The number of nitrogen functional groups attached to an aromatic ring is 1. The zero-order valence-corrected chi connectivity index (χ0v) is 11.2. The lowest BCUT2D eigenvalue weighted by atomic mass is 9.94. The maximum absolute atomic E-state index is 5.95. The summed E-state index contributed by atoms with van der Waals surface area (Å²) in [6.45, 7) is 6.63. The number of anilines is 1. The van der Waals surface area contributed by atoms with E-state index in [1.54, 1.807) is 6.20 Å². The first-order chi connectivity index (χ1) is 8.62. The van der Waals surface area contributed by atoms with Crippen molar-refractivity contribution in [1.29, 1.82) is 0 Å². The van der Waals surface area contributed by atoms with Crippen molar-refractivity contribution in [3.05, 3.63) is 30.9 Å². The smallest absolute Gasteiger partial charge is 0.132 e. The lowest BCUT2D eigenvalue weighted by Crippen LogP contribution is -2.28. The van der Waals surface area contributed by atoms with E-state index in [9.17, 15) is 0 Å². The van der Waals surface area contributed by atoms with Crippen molar-refractivity contribution >= 4 is 5.82 Å². The van der Waals surface area contributed by atoms with Gasteiger partial charge in [-0.3, -0.25) is 0 Å². The van der Waals surface area contributed by atoms with E-state index >= 15 is 0 Å². The molecule has 0 saturated heterocycles. The predicted molar refractivity (Wildman–Crippen MR) is 74.1 cm³/mol. The molecule has 0 saturated carbocycles. The highest BCUT2D eigenvalue weighted by atomic mass is 15.1. The minimum Gasteiger partial charge on any atom is -0.383 e. The van der Waals surface area contributed by atoms with Crippen LogP contribution in [0.25, 0.3) is 11.3 Å². The number of nitrogens with zero attached hydrogens (tertiary/aromatic N) is 3. The number of hydrogen-bond acceptors (Lipinski definition) is 3. The van der Waals surface area contributed by atoms with Crippen molar-refractivity contribution < 1.29 is 0 Å². The molecule has 0 atom stereocenters. The number of imidazole rings is 1. The van der Waals surface area contributed by atoms with Crippen LogP contribution in [0.2, 0.25) is 0 Å². The summed E-state index contributed by atoms with van der Waals surface area (Å²) < 4.78 is 2.21. The molecule has 2 aromatic rings. The summed E-state index contributed by atoms with van der Waals surface area (Å²) in [5.41, 5.74) is 8.00. The van der Waals surface area contributed by atoms with Gasteiger partial charge in [-0.2, -0.15) is 0 Å². The predicted octanol–water partition coefficient (Wildman–Crippen LogP) is 3.06. The highest BCUT2D eigenvalue weighted by Gasteiger charge is 2.25. The molecule has 0 unspecified atom stereocenters. The van der Waals surface area contributed by atoms with Gasteiger partial charge in [0.2, 0.25) is 0 Å². The Morgan fingerprint density at radius 2 is 2.06 bits per heavy atom. The zero-order valence-electron chi connectivity index (χ0n) is 11.2. The normalized spacial score (nSPS) is 11.7. The van der Waals surface area contributed by atoms with Gasteiger partial charge in [0.05, 0.1) is 18.2 Å². The number of nitrogens with two attached hydrogens (primary N) is 1. The lowest BCUT2D eigenvalue weighted by molar-refractivity contribution is 0.297. The zero-order chi connectivity index (χ0) is 13.2. The third kappa shape index (κ3) is 1.98. The minimum absolute atomic E-state index is 0.0636. The largest absolute Gasteiger partial charge is 0.383 e. The first kappa shape index (κ1) is 12.6. The summed E-state index contributed by atoms with van der Waals surface area (Å²) in [7, 11) is 0. The van der Waals surface area contributed by atoms with Gasteiger partial charge in [0.15, 0.2) is 0 Å². The molecule has 0 amide bonds. The van der Waals surface area contributed by atoms with E-state index in [-0.39, 0.29) is 5.54 Å². The van der Waals surface area contributed by atoms with Crippen molar-refractivity contribution in [1.82, 2.24) is 14.5 Å². The summed E-state index contributed by atoms with van der Waals surface area (Å²) >= 11 is 0. The number of aromatic nitrogens is 3. The van der Waals surface area contributed by atoms with Gasteiger partial charge in [-0.05, 0) is 31.9 Å². The monoisotopic (exact) mass is 244 g/mol. The second-order valence-electron chi connectivity index (χ2n) is 4.79. The van der Waals surface area contributed by atoms with Crippen molar-refractivity contribution in [3.63, 3.8) is 0 Å². The molecule has 18 heavy (non-hydrogen) atoms. The van der Waals surface area contributed by atoms with Crippen LogP contribution in [0.3, 0.4) is 0 Å². The summed E-state index contributed by atoms with van der Waals surface area (Å²) in [5.74, 6) is 0.550. The van der Waals surface area contributed by atoms with E-state index in [1.165, 1.54) is 0 Å². The van der Waals surface area contributed by atoms with Crippen molar-refractivity contribution in [2.24, 2.45) is 0 Å². The average molecular weight is 244 g/mol. The Bertz CT molecular complexity index is 526. The first-order valence-corrected chi connectivity index (χ1v) is 6.36. The fraction of sp³-hybridized carbons (Fsp3) is 0.429. The molecule has 0 aliphatic carbocycles. The molecule has 4 nitrogen and oxygen atoms in total. The average Bonchev–Trinajstić information content (AvgIpc) is 2.88. The molecule has 0 aliphatic heterocycles. The highest BCUT2D eigenvalue weighted by molar-refractivity contribution is 5.70. The van der Waals surface area contributed by atoms with Gasteiger partial charge in [0, 0.05) is 17.3 Å². The van der Waals surface area contributed by atoms with Gasteiger partial charge < -0.3 is 10.3 Å². The van der Waals surface area contributed by atoms with Crippen LogP contribution in [-0.2, 0) is 5.54 Å². The molecule has 0 bridgehead atoms. The Kier molecular flexibility index (Phi) is 3.36. The van der Waals surface area contributed by atoms with Gasteiger partial charge in [-0.1, -0.05) is 13.8 Å². The van der Waals surface area contributed by atoms with Gasteiger partial charge >= 0.3 is 0 Å². The Hall–Kier alpha value is -1.84. The second-order valence-corrected chi connectivity index (χ2v) is 4.79. The van der Waals surface area contributed by atoms with E-state index in [1.807, 2.05) is 24.7 Å². The molecular formula is C14H20N4. The van der Waals surface area contributed by atoms with E-state index in [4.69, 9.17) is 5.73 Å². The fourth-order valence-electron chi connectivity index (χ4n) is 2.15. The molecule has 2 aromatic heterocycles. The maximum Gasteiger partial charge on any atom is 0.132 e. The quantitative estimate of drug-likeness (QED) is 0.899. The van der Waals surface area contributed by atoms with Crippen LogP contribution in [0.4, 0.5) is 5.82 Å². The molecule has 0 spiro atoms. The summed E-state index contributed by atoms with van der Waals surface area (Å²) in [6, 6.07) is 3.89. The van der Waals surface area contributed by atoms with Gasteiger partial charge in [0.25, 0.3) is 0 Å². The van der Waals surface area contributed by atoms with Crippen molar-refractivity contribution in [3.8, 4) is 11.3 Å². The molecule has 0 radical (unpaired) electrons. The van der Waals surface area contributed by atoms with Crippen LogP contribution in [0.15, 0.2) is 30.9 Å². The van der Waals surface area contributed by atoms with Crippen LogP contribution in [0.1, 0.15) is 33.6 Å². The van der Waals surface area contributed by atoms with Gasteiger partial charge in [-0.15, -0.1) is 0 Å². The van der Waals surface area contributed by atoms with Gasteiger partial charge in [-0.25, -0.2) is 9.97 Å². The van der Waals surface area contributed by atoms with E-state index in [0.717, 1.165) is 24.1 Å². The number of hydrogen-bond donors (Lipinski definition) is 1. The van der Waals surface area contributed by atoms with E-state index in [0.29, 0.717) is 5.82 Å². The van der Waals surface area contributed by atoms with Crippen LogP contribution in [0.5, 0.6) is 0 Å². The first-order valence-electron chi connectivity index (χ1n) is 6.36. The summed E-state index contributed by atoms with van der Waals surface area (Å²) in [6.07, 6.45) is 7.55. The van der Waals surface area contributed by atoms with Crippen LogP contribution in [-0.4, -0.2) is 14.5 Å². The Morgan fingerprint density at radius 1 is 1.33 bits per heavy atom. The SMILES string of the molecule is CCC(C)(CC)n1cncc1-c1cccnc1N. The maximum atomic E-state index is 5.95. The van der Waals surface area contributed by atoms with Crippen LogP contribution in [0, 0.1) is 0 Å². The highest BCUT2D eigenvalue weighted by Crippen LogP contribution is 2.32. The van der Waals surface area contributed by atoms with E-state index < -0.39 is 0 Å². The van der Waals surface area contributed by atoms with Crippen molar-refractivity contribution in [2.75, 3.05) is 5.73 Å². The van der Waals surface area contributed by atoms with E-state index in [2.05, 4.69) is 35.3 Å². The summed E-state index contributed by atoms with van der Waals surface area (Å²) in [5, 5.41) is 0. The number of rotatable bonds is 4. The third-order valence-electron chi connectivity index (χ3n) is 3.86. The van der Waals surface area contributed by atoms with Crippen LogP contribution < -0.4 is 5.73 Å². The van der Waals surface area contributed by atoms with Crippen molar-refractivity contribution in [2.45, 2.75) is 39.2 Å².